The number of fused-ring (bicyclic) bond motifs is 1. The first kappa shape index (κ1) is 9.30. The number of rotatable bonds is 4. The van der Waals surface area contributed by atoms with Gasteiger partial charge >= 0.3 is 0 Å². The quantitative estimate of drug-likeness (QED) is 0.637. The van der Waals surface area contributed by atoms with E-state index in [0.29, 0.717) is 6.79 Å². The number of ether oxygens (including phenoxy) is 2. The van der Waals surface area contributed by atoms with Crippen molar-refractivity contribution in [3.63, 3.8) is 0 Å². The van der Waals surface area contributed by atoms with Crippen molar-refractivity contribution in [1.29, 1.82) is 0 Å². The van der Waals surface area contributed by atoms with E-state index >= 15 is 0 Å². The molecule has 0 radical (unpaired) electrons. The molecule has 0 spiro atoms. The van der Waals surface area contributed by atoms with E-state index in [2.05, 4.69) is 5.32 Å². The smallest absolute Gasteiger partial charge is 0.231 e. The summed E-state index contributed by atoms with van der Waals surface area (Å²) in [6, 6.07) is 5.92. The fourth-order valence-electron chi connectivity index (χ4n) is 1.43. The van der Waals surface area contributed by atoms with Gasteiger partial charge in [-0.1, -0.05) is 0 Å². The summed E-state index contributed by atoms with van der Waals surface area (Å²) in [5.41, 5.74) is 1.18. The van der Waals surface area contributed by atoms with Crippen molar-refractivity contribution in [3.05, 3.63) is 23.8 Å². The van der Waals surface area contributed by atoms with E-state index in [1.54, 1.807) is 0 Å². The van der Waals surface area contributed by atoms with E-state index in [0.717, 1.165) is 24.6 Å². The number of aliphatic hydroxyl groups is 1. The zero-order valence-corrected chi connectivity index (χ0v) is 7.90. The number of hydrogen-bond donors (Lipinski definition) is 2. The molecule has 2 rings (SSSR count). The van der Waals surface area contributed by atoms with Crippen molar-refractivity contribution < 1.29 is 19.9 Å². The van der Waals surface area contributed by atoms with Crippen LogP contribution in [0.1, 0.15) is 5.56 Å². The Balaban J connectivity index is 1.98. The van der Waals surface area contributed by atoms with Crippen LogP contribution in [0.15, 0.2) is 18.2 Å². The fraction of sp³-hybridized carbons (Fsp3) is 0.400. The SMILES string of the molecule is OCC[NH2+]Cc1ccc2c(c1)OCO2. The van der Waals surface area contributed by atoms with E-state index < -0.39 is 0 Å². The lowest BCUT2D eigenvalue weighted by Crippen LogP contribution is -2.83. The van der Waals surface area contributed by atoms with E-state index in [4.69, 9.17) is 14.6 Å². The van der Waals surface area contributed by atoms with Crippen LogP contribution in [-0.4, -0.2) is 25.1 Å². The topological polar surface area (TPSA) is 55.3 Å². The largest absolute Gasteiger partial charge is 0.454 e. The molecular formula is C10H14NO3+. The fourth-order valence-corrected chi connectivity index (χ4v) is 1.43. The predicted molar refractivity (Wildman–Crippen MR) is 50.1 cm³/mol. The molecule has 0 fully saturated rings. The molecule has 4 heteroatoms. The Labute approximate surface area is 82.5 Å². The van der Waals surface area contributed by atoms with E-state index in [1.165, 1.54) is 5.56 Å². The van der Waals surface area contributed by atoms with Crippen LogP contribution in [0.4, 0.5) is 0 Å². The molecular weight excluding hydrogens is 182 g/mol. The van der Waals surface area contributed by atoms with Gasteiger partial charge in [-0.25, -0.2) is 0 Å². The predicted octanol–water partition coefficient (Wildman–Crippen LogP) is -0.529. The van der Waals surface area contributed by atoms with Gasteiger partial charge in [-0.05, 0) is 18.2 Å². The van der Waals surface area contributed by atoms with Crippen LogP contribution in [-0.2, 0) is 6.54 Å². The van der Waals surface area contributed by atoms with Crippen LogP contribution >= 0.6 is 0 Å². The summed E-state index contributed by atoms with van der Waals surface area (Å²) in [6.07, 6.45) is 0. The summed E-state index contributed by atoms with van der Waals surface area (Å²) >= 11 is 0. The molecule has 3 N–H and O–H groups in total. The summed E-state index contributed by atoms with van der Waals surface area (Å²) in [7, 11) is 0. The lowest BCUT2D eigenvalue weighted by molar-refractivity contribution is -0.671. The number of hydrogen-bond acceptors (Lipinski definition) is 3. The second-order valence-corrected chi connectivity index (χ2v) is 3.19. The molecule has 76 valence electrons. The summed E-state index contributed by atoms with van der Waals surface area (Å²) in [5, 5.41) is 10.7. The molecule has 0 unspecified atom stereocenters. The second kappa shape index (κ2) is 4.30. The van der Waals surface area contributed by atoms with Crippen molar-refractivity contribution in [2.75, 3.05) is 19.9 Å². The van der Waals surface area contributed by atoms with Crippen LogP contribution in [0, 0.1) is 0 Å². The number of aliphatic hydroxyl groups excluding tert-OH is 1. The van der Waals surface area contributed by atoms with Gasteiger partial charge in [-0.3, -0.25) is 0 Å². The van der Waals surface area contributed by atoms with Gasteiger partial charge in [0.05, 0.1) is 13.2 Å². The summed E-state index contributed by atoms with van der Waals surface area (Å²) < 4.78 is 10.5. The highest BCUT2D eigenvalue weighted by Gasteiger charge is 2.13. The van der Waals surface area contributed by atoms with Gasteiger partial charge in [-0.15, -0.1) is 0 Å². The van der Waals surface area contributed by atoms with Crippen molar-refractivity contribution in [2.24, 2.45) is 0 Å². The molecule has 1 aliphatic rings. The summed E-state index contributed by atoms with van der Waals surface area (Å²) in [5.74, 6) is 1.64. The maximum atomic E-state index is 8.62. The second-order valence-electron chi connectivity index (χ2n) is 3.19. The van der Waals surface area contributed by atoms with Gasteiger partial charge in [0.2, 0.25) is 6.79 Å². The summed E-state index contributed by atoms with van der Waals surface area (Å²) in [4.78, 5) is 0. The average molecular weight is 196 g/mol. The highest BCUT2D eigenvalue weighted by atomic mass is 16.7. The minimum atomic E-state index is 0.213. The minimum Gasteiger partial charge on any atom is -0.454 e. The normalized spacial score (nSPS) is 13.2. The van der Waals surface area contributed by atoms with E-state index in [9.17, 15) is 0 Å². The van der Waals surface area contributed by atoms with Crippen LogP contribution < -0.4 is 14.8 Å². The van der Waals surface area contributed by atoms with Crippen LogP contribution in [0.5, 0.6) is 11.5 Å². The number of quaternary nitrogens is 1. The van der Waals surface area contributed by atoms with E-state index in [1.807, 2.05) is 18.2 Å². The van der Waals surface area contributed by atoms with Crippen molar-refractivity contribution in [1.82, 2.24) is 0 Å². The van der Waals surface area contributed by atoms with E-state index in [-0.39, 0.29) is 6.61 Å². The Morgan fingerprint density at radius 2 is 2.14 bits per heavy atom. The summed E-state index contributed by atoms with van der Waals surface area (Å²) in [6.45, 7) is 2.12. The van der Waals surface area contributed by atoms with Gasteiger partial charge in [0.25, 0.3) is 0 Å². The van der Waals surface area contributed by atoms with Crippen LogP contribution in [0.3, 0.4) is 0 Å². The maximum Gasteiger partial charge on any atom is 0.231 e. The molecule has 1 heterocycles. The molecule has 0 bridgehead atoms. The third kappa shape index (κ3) is 1.97. The lowest BCUT2D eigenvalue weighted by atomic mass is 10.2. The monoisotopic (exact) mass is 196 g/mol. The molecule has 4 nitrogen and oxygen atoms in total. The van der Waals surface area contributed by atoms with Gasteiger partial charge in [0, 0.05) is 5.56 Å². The maximum absolute atomic E-state index is 8.62. The van der Waals surface area contributed by atoms with Crippen molar-refractivity contribution in [2.45, 2.75) is 6.54 Å². The van der Waals surface area contributed by atoms with Gasteiger partial charge in [0.15, 0.2) is 11.5 Å². The molecule has 1 aromatic rings. The molecule has 1 aliphatic heterocycles. The average Bonchev–Trinajstić information content (AvgIpc) is 2.65. The molecule has 0 atom stereocenters. The highest BCUT2D eigenvalue weighted by molar-refractivity contribution is 5.44. The molecule has 1 aromatic carbocycles. The number of nitrogens with two attached hydrogens (primary N) is 1. The molecule has 0 aliphatic carbocycles. The number of benzene rings is 1. The first-order valence-electron chi connectivity index (χ1n) is 4.71. The van der Waals surface area contributed by atoms with Crippen LogP contribution in [0.2, 0.25) is 0 Å². The van der Waals surface area contributed by atoms with Crippen molar-refractivity contribution in [3.8, 4) is 11.5 Å². The molecule has 0 saturated carbocycles. The minimum absolute atomic E-state index is 0.213. The zero-order valence-electron chi connectivity index (χ0n) is 7.90. The molecule has 0 saturated heterocycles. The Morgan fingerprint density at radius 3 is 3.00 bits per heavy atom. The highest BCUT2D eigenvalue weighted by Crippen LogP contribution is 2.32. The molecule has 14 heavy (non-hydrogen) atoms. The van der Waals surface area contributed by atoms with Gasteiger partial charge in [0.1, 0.15) is 6.54 Å². The lowest BCUT2D eigenvalue weighted by Gasteiger charge is -2.01. The molecule has 0 amide bonds. The Morgan fingerprint density at radius 1 is 1.29 bits per heavy atom. The van der Waals surface area contributed by atoms with Gasteiger partial charge < -0.3 is 19.9 Å². The third-order valence-electron chi connectivity index (χ3n) is 2.15. The third-order valence-corrected chi connectivity index (χ3v) is 2.15. The molecule has 0 aromatic heterocycles. The standard InChI is InChI=1S/C10H13NO3/c12-4-3-11-6-8-1-2-9-10(5-8)14-7-13-9/h1-2,5,11-12H,3-4,6-7H2/p+1. The first-order chi connectivity index (χ1) is 6.90. The Kier molecular flexibility index (Phi) is 2.86. The zero-order chi connectivity index (χ0) is 9.80. The van der Waals surface area contributed by atoms with Gasteiger partial charge in [-0.2, -0.15) is 0 Å². The Hall–Kier alpha value is -1.26. The first-order valence-corrected chi connectivity index (χ1v) is 4.71. The van der Waals surface area contributed by atoms with Crippen LogP contribution in [0.25, 0.3) is 0 Å². The van der Waals surface area contributed by atoms with Crippen molar-refractivity contribution >= 4 is 0 Å². The Bertz CT molecular complexity index is 314.